The Labute approximate surface area is 96.6 Å². The number of hydrogen-bond acceptors (Lipinski definition) is 3. The average Bonchev–Trinajstić information content (AvgIpc) is 2.59. The number of Topliss-reactive ketones (excluding diaryl/α,β-unsaturated/α-hetero) is 1. The summed E-state index contributed by atoms with van der Waals surface area (Å²) in [4.78, 5) is 12.5. The summed E-state index contributed by atoms with van der Waals surface area (Å²) in [6.45, 7) is 0.719. The third kappa shape index (κ3) is 3.52. The summed E-state index contributed by atoms with van der Waals surface area (Å²) in [5.74, 6) is 0.240. The van der Waals surface area contributed by atoms with Crippen molar-refractivity contribution in [2.75, 3.05) is 6.54 Å². The van der Waals surface area contributed by atoms with Crippen LogP contribution < -0.4 is 5.73 Å². The molecule has 0 amide bonds. The van der Waals surface area contributed by atoms with Crippen LogP contribution in [-0.4, -0.2) is 12.3 Å². The highest BCUT2D eigenvalue weighted by atomic mass is 79.9. The van der Waals surface area contributed by atoms with E-state index in [9.17, 15) is 4.79 Å². The highest BCUT2D eigenvalue weighted by Gasteiger charge is 2.10. The van der Waals surface area contributed by atoms with Gasteiger partial charge in [-0.3, -0.25) is 4.79 Å². The maximum Gasteiger partial charge on any atom is 0.173 e. The molecular weight excluding hydrogens is 262 g/mol. The minimum Gasteiger partial charge on any atom is -0.330 e. The van der Waals surface area contributed by atoms with E-state index in [1.807, 2.05) is 11.4 Å². The Morgan fingerprint density at radius 2 is 2.21 bits per heavy atom. The van der Waals surface area contributed by atoms with Gasteiger partial charge in [-0.05, 0) is 46.8 Å². The van der Waals surface area contributed by atoms with Crippen molar-refractivity contribution < 1.29 is 4.79 Å². The predicted octanol–water partition coefficient (Wildman–Crippen LogP) is 3.21. The number of unbranched alkanes of at least 4 members (excludes halogenated alkanes) is 2. The molecular formula is C10H14BrNOS. The Morgan fingerprint density at radius 3 is 2.79 bits per heavy atom. The zero-order valence-corrected chi connectivity index (χ0v) is 10.4. The summed E-state index contributed by atoms with van der Waals surface area (Å²) in [5, 5.41) is 1.93. The van der Waals surface area contributed by atoms with Gasteiger partial charge < -0.3 is 5.73 Å². The van der Waals surface area contributed by atoms with Gasteiger partial charge in [0.25, 0.3) is 0 Å². The van der Waals surface area contributed by atoms with E-state index < -0.39 is 0 Å². The van der Waals surface area contributed by atoms with Gasteiger partial charge in [0.05, 0.1) is 4.88 Å². The van der Waals surface area contributed by atoms with Gasteiger partial charge in [-0.15, -0.1) is 11.3 Å². The molecule has 14 heavy (non-hydrogen) atoms. The van der Waals surface area contributed by atoms with Gasteiger partial charge in [0.1, 0.15) is 0 Å². The molecule has 1 heterocycles. The maximum absolute atomic E-state index is 11.6. The first-order valence-corrected chi connectivity index (χ1v) is 6.39. The molecule has 0 aliphatic heterocycles. The zero-order valence-electron chi connectivity index (χ0n) is 7.96. The maximum atomic E-state index is 11.6. The van der Waals surface area contributed by atoms with Crippen molar-refractivity contribution in [3.63, 3.8) is 0 Å². The molecule has 0 spiro atoms. The van der Waals surface area contributed by atoms with Crippen LogP contribution in [0.3, 0.4) is 0 Å². The molecule has 0 radical (unpaired) electrons. The molecule has 0 unspecified atom stereocenters. The van der Waals surface area contributed by atoms with Crippen LogP contribution >= 0.6 is 27.3 Å². The van der Waals surface area contributed by atoms with Crippen LogP contribution in [-0.2, 0) is 0 Å². The first-order valence-electron chi connectivity index (χ1n) is 4.72. The molecule has 0 bridgehead atoms. The van der Waals surface area contributed by atoms with Gasteiger partial charge in [0.2, 0.25) is 0 Å². The average molecular weight is 276 g/mol. The Kier molecular flexibility index (Phi) is 5.37. The van der Waals surface area contributed by atoms with Crippen molar-refractivity contribution in [3.05, 3.63) is 20.8 Å². The third-order valence-corrected chi connectivity index (χ3v) is 3.86. The van der Waals surface area contributed by atoms with Gasteiger partial charge in [0, 0.05) is 10.9 Å². The number of hydrogen-bond donors (Lipinski definition) is 1. The predicted molar refractivity (Wildman–Crippen MR) is 63.9 cm³/mol. The number of rotatable bonds is 6. The highest BCUT2D eigenvalue weighted by molar-refractivity contribution is 9.10. The van der Waals surface area contributed by atoms with Crippen molar-refractivity contribution >= 4 is 33.0 Å². The molecule has 0 saturated carbocycles. The van der Waals surface area contributed by atoms with Crippen molar-refractivity contribution in [3.8, 4) is 0 Å². The van der Waals surface area contributed by atoms with Crippen molar-refractivity contribution in [2.24, 2.45) is 5.73 Å². The fourth-order valence-electron chi connectivity index (χ4n) is 1.21. The van der Waals surface area contributed by atoms with Crippen LogP contribution in [0.5, 0.6) is 0 Å². The van der Waals surface area contributed by atoms with Gasteiger partial charge in [0.15, 0.2) is 5.78 Å². The lowest BCUT2D eigenvalue weighted by Crippen LogP contribution is -2.00. The van der Waals surface area contributed by atoms with Crippen molar-refractivity contribution in [1.82, 2.24) is 0 Å². The first-order chi connectivity index (χ1) is 6.75. The van der Waals surface area contributed by atoms with Gasteiger partial charge >= 0.3 is 0 Å². The van der Waals surface area contributed by atoms with Crippen LogP contribution in [0.15, 0.2) is 15.9 Å². The smallest absolute Gasteiger partial charge is 0.173 e. The summed E-state index contributed by atoms with van der Waals surface area (Å²) in [6, 6.07) is 1.91. The number of nitrogens with two attached hydrogens (primary N) is 1. The van der Waals surface area contributed by atoms with E-state index in [2.05, 4.69) is 15.9 Å². The number of halogens is 1. The molecule has 0 fully saturated rings. The summed E-state index contributed by atoms with van der Waals surface area (Å²) >= 11 is 4.86. The molecule has 78 valence electrons. The molecule has 2 nitrogen and oxygen atoms in total. The lowest BCUT2D eigenvalue weighted by atomic mass is 10.1. The highest BCUT2D eigenvalue weighted by Crippen LogP contribution is 2.24. The quantitative estimate of drug-likeness (QED) is 0.640. The van der Waals surface area contributed by atoms with Crippen molar-refractivity contribution in [1.29, 1.82) is 0 Å². The number of carbonyl (C=O) groups excluding carboxylic acids is 1. The topological polar surface area (TPSA) is 43.1 Å². The monoisotopic (exact) mass is 275 g/mol. The minimum atomic E-state index is 0.240. The number of thiophene rings is 1. The summed E-state index contributed by atoms with van der Waals surface area (Å²) in [5.41, 5.74) is 5.37. The Balaban J connectivity index is 2.32. The normalized spacial score (nSPS) is 10.4. The Bertz CT molecular complexity index is 298. The second kappa shape index (κ2) is 6.32. The molecule has 2 N–H and O–H groups in total. The van der Waals surface area contributed by atoms with Crippen LogP contribution in [0.1, 0.15) is 35.4 Å². The minimum absolute atomic E-state index is 0.240. The van der Waals surface area contributed by atoms with Crippen LogP contribution in [0.25, 0.3) is 0 Å². The van der Waals surface area contributed by atoms with Crippen LogP contribution in [0.2, 0.25) is 0 Å². The van der Waals surface area contributed by atoms with Gasteiger partial charge in [-0.1, -0.05) is 6.42 Å². The summed E-state index contributed by atoms with van der Waals surface area (Å²) in [7, 11) is 0. The van der Waals surface area contributed by atoms with E-state index in [1.54, 1.807) is 0 Å². The molecule has 0 aliphatic carbocycles. The standard InChI is InChI=1S/C10H14BrNOS/c11-8-5-7-14-10(8)9(13)4-2-1-3-6-12/h5,7H,1-4,6,12H2. The SMILES string of the molecule is NCCCCCC(=O)c1sccc1Br. The lowest BCUT2D eigenvalue weighted by molar-refractivity contribution is 0.0982. The Hall–Kier alpha value is -0.190. The van der Waals surface area contributed by atoms with Gasteiger partial charge in [-0.25, -0.2) is 0 Å². The summed E-state index contributed by atoms with van der Waals surface area (Å²) < 4.78 is 0.923. The third-order valence-electron chi connectivity index (χ3n) is 1.98. The van der Waals surface area contributed by atoms with E-state index in [0.29, 0.717) is 6.42 Å². The van der Waals surface area contributed by atoms with Crippen LogP contribution in [0, 0.1) is 0 Å². The van der Waals surface area contributed by atoms with Crippen LogP contribution in [0.4, 0.5) is 0 Å². The second-order valence-corrected chi connectivity index (χ2v) is 4.89. The molecule has 4 heteroatoms. The first kappa shape index (κ1) is 11.9. The van der Waals surface area contributed by atoms with Gasteiger partial charge in [-0.2, -0.15) is 0 Å². The second-order valence-electron chi connectivity index (χ2n) is 3.12. The number of carbonyl (C=O) groups is 1. The van der Waals surface area contributed by atoms with E-state index in [1.165, 1.54) is 11.3 Å². The largest absolute Gasteiger partial charge is 0.330 e. The van der Waals surface area contributed by atoms with E-state index >= 15 is 0 Å². The lowest BCUT2D eigenvalue weighted by Gasteiger charge is -1.98. The molecule has 1 aromatic heterocycles. The molecule has 0 aromatic carbocycles. The zero-order chi connectivity index (χ0) is 10.4. The number of ketones is 1. The summed E-state index contributed by atoms with van der Waals surface area (Å²) in [6.07, 6.45) is 3.64. The fraction of sp³-hybridized carbons (Fsp3) is 0.500. The van der Waals surface area contributed by atoms with Crippen molar-refractivity contribution in [2.45, 2.75) is 25.7 Å². The fourth-order valence-corrected chi connectivity index (χ4v) is 2.78. The molecule has 0 aliphatic rings. The van der Waals surface area contributed by atoms with E-state index in [4.69, 9.17) is 5.73 Å². The van der Waals surface area contributed by atoms with E-state index in [0.717, 1.165) is 35.2 Å². The molecule has 1 rings (SSSR count). The molecule has 0 atom stereocenters. The molecule has 1 aromatic rings. The van der Waals surface area contributed by atoms with E-state index in [-0.39, 0.29) is 5.78 Å². The Morgan fingerprint density at radius 1 is 1.43 bits per heavy atom. The molecule has 0 saturated heterocycles.